The minimum atomic E-state index is 0. The van der Waals surface area contributed by atoms with Crippen molar-refractivity contribution in [2.24, 2.45) is 0 Å². The molecule has 2 saturated heterocycles. The van der Waals surface area contributed by atoms with Crippen LogP contribution in [0.1, 0.15) is 24.3 Å². The van der Waals surface area contributed by atoms with E-state index >= 15 is 0 Å². The van der Waals surface area contributed by atoms with Crippen molar-refractivity contribution in [3.8, 4) is 11.5 Å². The molecule has 2 aliphatic rings. The highest BCUT2D eigenvalue weighted by Crippen LogP contribution is 2.23. The molecule has 0 bridgehead atoms. The summed E-state index contributed by atoms with van der Waals surface area (Å²) in [6.45, 7) is 5.11. The molecular weight excluding hydrogens is 427 g/mol. The van der Waals surface area contributed by atoms with Crippen molar-refractivity contribution < 1.29 is 14.0 Å². The van der Waals surface area contributed by atoms with Crippen molar-refractivity contribution in [2.45, 2.75) is 32.2 Å². The van der Waals surface area contributed by atoms with Crippen LogP contribution in [0.25, 0.3) is 11.5 Å². The molecule has 0 aliphatic carbocycles. The fourth-order valence-corrected chi connectivity index (χ4v) is 3.99. The fraction of sp³-hybridized carbons (Fsp3) is 0.476. The summed E-state index contributed by atoms with van der Waals surface area (Å²) in [4.78, 5) is 33.4. The third-order valence-corrected chi connectivity index (χ3v) is 5.55. The quantitative estimate of drug-likeness (QED) is 0.767. The Hall–Kier alpha value is -2.09. The van der Waals surface area contributed by atoms with Gasteiger partial charge in [0.1, 0.15) is 5.76 Å². The van der Waals surface area contributed by atoms with Crippen LogP contribution in [-0.4, -0.2) is 65.4 Å². The lowest BCUT2D eigenvalue weighted by Crippen LogP contribution is -2.57. The number of aryl methyl sites for hydroxylation is 1. The Balaban J connectivity index is 0.00000160. The van der Waals surface area contributed by atoms with Gasteiger partial charge in [-0.25, -0.2) is 4.98 Å². The summed E-state index contributed by atoms with van der Waals surface area (Å²) < 4.78 is 5.78. The minimum absolute atomic E-state index is 0. The minimum Gasteiger partial charge on any atom is -0.441 e. The Kier molecular flexibility index (Phi) is 8.70. The topological polar surface area (TPSA) is 78.7 Å². The first-order valence-corrected chi connectivity index (χ1v) is 9.91. The van der Waals surface area contributed by atoms with Gasteiger partial charge in [-0.05, 0) is 31.9 Å². The van der Waals surface area contributed by atoms with E-state index in [4.69, 9.17) is 4.42 Å². The molecule has 164 valence electrons. The maximum absolute atomic E-state index is 12.9. The van der Waals surface area contributed by atoms with Crippen molar-refractivity contribution in [1.82, 2.24) is 20.1 Å². The summed E-state index contributed by atoms with van der Waals surface area (Å²) in [5.74, 6) is 1.40. The summed E-state index contributed by atoms with van der Waals surface area (Å²) in [5, 5.41) is 3.10. The van der Waals surface area contributed by atoms with Gasteiger partial charge in [-0.15, -0.1) is 24.8 Å². The van der Waals surface area contributed by atoms with E-state index in [0.29, 0.717) is 37.0 Å². The van der Waals surface area contributed by atoms with Crippen LogP contribution in [0.5, 0.6) is 0 Å². The van der Waals surface area contributed by atoms with E-state index in [0.717, 1.165) is 31.5 Å². The first-order valence-electron chi connectivity index (χ1n) is 9.91. The predicted molar refractivity (Wildman–Crippen MR) is 119 cm³/mol. The predicted octanol–water partition coefficient (Wildman–Crippen LogP) is 2.46. The van der Waals surface area contributed by atoms with Crippen LogP contribution in [-0.2, 0) is 16.0 Å². The Morgan fingerprint density at radius 3 is 2.73 bits per heavy atom. The van der Waals surface area contributed by atoms with E-state index < -0.39 is 0 Å². The van der Waals surface area contributed by atoms with Crippen LogP contribution >= 0.6 is 24.8 Å². The summed E-state index contributed by atoms with van der Waals surface area (Å²) >= 11 is 0. The van der Waals surface area contributed by atoms with Gasteiger partial charge in [0.25, 0.3) is 0 Å². The summed E-state index contributed by atoms with van der Waals surface area (Å²) in [6, 6.07) is 9.81. The molecule has 2 aromatic rings. The Morgan fingerprint density at radius 2 is 2.00 bits per heavy atom. The molecule has 1 aromatic carbocycles. The number of rotatable bonds is 4. The van der Waals surface area contributed by atoms with E-state index in [9.17, 15) is 9.59 Å². The number of halogens is 2. The fourth-order valence-electron chi connectivity index (χ4n) is 3.99. The van der Waals surface area contributed by atoms with Gasteiger partial charge in [-0.1, -0.05) is 18.2 Å². The number of carbonyl (C=O) groups is 2. The lowest BCUT2D eigenvalue weighted by molar-refractivity contribution is -0.140. The summed E-state index contributed by atoms with van der Waals surface area (Å²) in [6.07, 6.45) is 2.10. The number of amides is 2. The molecule has 0 radical (unpaired) electrons. The Bertz CT molecular complexity index is 859. The standard InChI is InChI=1S/C21H26N4O3.2ClH/c1-15-18(23-21(28-15)16-6-3-2-4-7-16)12-19(26)24-10-5-8-17(14-24)25-11-9-22-13-20(25)27;;/h2-4,6-7,17,22H,5,8-14H2,1H3;2*1H. The molecule has 30 heavy (non-hydrogen) atoms. The molecule has 1 aromatic heterocycles. The van der Waals surface area contributed by atoms with Gasteiger partial charge in [-0.2, -0.15) is 0 Å². The number of carbonyl (C=O) groups excluding carboxylic acids is 2. The first-order chi connectivity index (χ1) is 13.6. The van der Waals surface area contributed by atoms with Crippen LogP contribution in [0.4, 0.5) is 0 Å². The van der Waals surface area contributed by atoms with Crippen LogP contribution in [0.2, 0.25) is 0 Å². The average molecular weight is 455 g/mol. The molecule has 2 aliphatic heterocycles. The van der Waals surface area contributed by atoms with Gasteiger partial charge in [0, 0.05) is 37.8 Å². The molecule has 3 heterocycles. The molecule has 9 heteroatoms. The second kappa shape index (κ2) is 10.8. The second-order valence-electron chi connectivity index (χ2n) is 7.46. The zero-order valence-electron chi connectivity index (χ0n) is 17.0. The van der Waals surface area contributed by atoms with Gasteiger partial charge in [0.2, 0.25) is 17.7 Å². The number of piperidine rings is 1. The van der Waals surface area contributed by atoms with Crippen molar-refractivity contribution >= 4 is 36.6 Å². The van der Waals surface area contributed by atoms with Crippen molar-refractivity contribution in [3.63, 3.8) is 0 Å². The van der Waals surface area contributed by atoms with Crippen LogP contribution in [0.3, 0.4) is 0 Å². The molecule has 7 nitrogen and oxygen atoms in total. The number of likely N-dealkylation sites (tertiary alicyclic amines) is 1. The van der Waals surface area contributed by atoms with Crippen LogP contribution in [0.15, 0.2) is 34.7 Å². The molecule has 1 N–H and O–H groups in total. The number of aromatic nitrogens is 1. The maximum Gasteiger partial charge on any atom is 0.236 e. The zero-order valence-corrected chi connectivity index (χ0v) is 18.6. The summed E-state index contributed by atoms with van der Waals surface area (Å²) in [5.41, 5.74) is 1.59. The van der Waals surface area contributed by atoms with Gasteiger partial charge >= 0.3 is 0 Å². The van der Waals surface area contributed by atoms with Gasteiger partial charge in [0.05, 0.1) is 18.7 Å². The lowest BCUT2D eigenvalue weighted by atomic mass is 10.0. The Morgan fingerprint density at radius 1 is 1.23 bits per heavy atom. The monoisotopic (exact) mass is 454 g/mol. The average Bonchev–Trinajstić information content (AvgIpc) is 3.09. The third-order valence-electron chi connectivity index (χ3n) is 5.55. The number of piperazine rings is 1. The smallest absolute Gasteiger partial charge is 0.236 e. The molecule has 1 unspecified atom stereocenters. The normalized spacial score (nSPS) is 19.1. The van der Waals surface area contributed by atoms with Gasteiger partial charge in [-0.3, -0.25) is 9.59 Å². The maximum atomic E-state index is 12.9. The highest BCUT2D eigenvalue weighted by Gasteiger charge is 2.32. The molecule has 2 amide bonds. The van der Waals surface area contributed by atoms with Crippen molar-refractivity contribution in [2.75, 3.05) is 32.7 Å². The van der Waals surface area contributed by atoms with E-state index in [1.807, 2.05) is 47.1 Å². The van der Waals surface area contributed by atoms with Crippen molar-refractivity contribution in [1.29, 1.82) is 0 Å². The Labute approximate surface area is 189 Å². The SMILES string of the molecule is Cc1oc(-c2ccccc2)nc1CC(=O)N1CCCC(N2CCNCC2=O)C1.Cl.Cl. The third kappa shape index (κ3) is 5.33. The van der Waals surface area contributed by atoms with E-state index in [-0.39, 0.29) is 49.1 Å². The second-order valence-corrected chi connectivity index (χ2v) is 7.46. The number of oxazole rings is 1. The first kappa shape index (κ1) is 24.2. The molecule has 1 atom stereocenters. The van der Waals surface area contributed by atoms with E-state index in [1.54, 1.807) is 0 Å². The van der Waals surface area contributed by atoms with E-state index in [1.165, 1.54) is 0 Å². The highest BCUT2D eigenvalue weighted by atomic mass is 35.5. The van der Waals surface area contributed by atoms with Crippen LogP contribution < -0.4 is 5.32 Å². The molecule has 4 rings (SSSR count). The van der Waals surface area contributed by atoms with E-state index in [2.05, 4.69) is 10.3 Å². The molecule has 2 fully saturated rings. The number of nitrogens with one attached hydrogen (secondary N) is 1. The largest absolute Gasteiger partial charge is 0.441 e. The van der Waals surface area contributed by atoms with Crippen molar-refractivity contribution in [3.05, 3.63) is 41.8 Å². The summed E-state index contributed by atoms with van der Waals surface area (Å²) in [7, 11) is 0. The lowest BCUT2D eigenvalue weighted by Gasteiger charge is -2.41. The van der Waals surface area contributed by atoms with Crippen LogP contribution in [0, 0.1) is 6.92 Å². The number of hydrogen-bond donors (Lipinski definition) is 1. The molecule has 0 spiro atoms. The van der Waals surface area contributed by atoms with Gasteiger partial charge < -0.3 is 19.5 Å². The number of hydrogen-bond acceptors (Lipinski definition) is 5. The highest BCUT2D eigenvalue weighted by molar-refractivity contribution is 5.85. The number of nitrogens with zero attached hydrogens (tertiary/aromatic N) is 3. The van der Waals surface area contributed by atoms with Gasteiger partial charge in [0.15, 0.2) is 0 Å². The zero-order chi connectivity index (χ0) is 19.5. The number of benzene rings is 1. The molecular formula is C21H28Cl2N4O3. The molecule has 0 saturated carbocycles.